The first-order chi connectivity index (χ1) is 8.86. The van der Waals surface area contributed by atoms with Crippen molar-refractivity contribution in [3.8, 4) is 11.8 Å². The van der Waals surface area contributed by atoms with Gasteiger partial charge in [0.25, 0.3) is 0 Å². The number of aliphatic hydroxyl groups is 1. The summed E-state index contributed by atoms with van der Waals surface area (Å²) in [6, 6.07) is 3.75. The van der Waals surface area contributed by atoms with E-state index in [0.29, 0.717) is 0 Å². The first-order valence-corrected chi connectivity index (χ1v) is 6.90. The SMILES string of the molecule is CN(C)S(=O)(=O)Nc1ccc(F)c(C#CCCO)c1. The monoisotopic (exact) mass is 286 g/mol. The Morgan fingerprint density at radius 1 is 1.42 bits per heavy atom. The molecule has 0 saturated carbocycles. The zero-order valence-electron chi connectivity index (χ0n) is 10.6. The van der Waals surface area contributed by atoms with Gasteiger partial charge < -0.3 is 5.11 Å². The topological polar surface area (TPSA) is 69.6 Å². The maximum absolute atomic E-state index is 13.4. The van der Waals surface area contributed by atoms with E-state index >= 15 is 0 Å². The van der Waals surface area contributed by atoms with E-state index in [0.717, 1.165) is 10.4 Å². The Hall–Kier alpha value is -1.62. The van der Waals surface area contributed by atoms with Gasteiger partial charge in [0, 0.05) is 20.5 Å². The first-order valence-electron chi connectivity index (χ1n) is 5.46. The van der Waals surface area contributed by atoms with Crippen LogP contribution < -0.4 is 4.72 Å². The summed E-state index contributed by atoms with van der Waals surface area (Å²) in [6.45, 7) is -0.110. The Balaban J connectivity index is 3.01. The van der Waals surface area contributed by atoms with Crippen molar-refractivity contribution in [2.24, 2.45) is 0 Å². The van der Waals surface area contributed by atoms with Crippen molar-refractivity contribution >= 4 is 15.9 Å². The number of hydrogen-bond donors (Lipinski definition) is 2. The smallest absolute Gasteiger partial charge is 0.301 e. The minimum Gasteiger partial charge on any atom is -0.395 e. The summed E-state index contributed by atoms with van der Waals surface area (Å²) >= 11 is 0. The zero-order chi connectivity index (χ0) is 14.5. The second kappa shape index (κ2) is 6.52. The summed E-state index contributed by atoms with van der Waals surface area (Å²) in [7, 11) is -0.868. The highest BCUT2D eigenvalue weighted by Crippen LogP contribution is 2.15. The molecule has 0 aromatic heterocycles. The van der Waals surface area contributed by atoms with Crippen molar-refractivity contribution in [3.63, 3.8) is 0 Å². The highest BCUT2D eigenvalue weighted by molar-refractivity contribution is 7.90. The van der Waals surface area contributed by atoms with Crippen molar-refractivity contribution < 1.29 is 17.9 Å². The van der Waals surface area contributed by atoms with Crippen LogP contribution in [-0.4, -0.2) is 38.5 Å². The molecule has 0 atom stereocenters. The van der Waals surface area contributed by atoms with Crippen LogP contribution in [0.1, 0.15) is 12.0 Å². The summed E-state index contributed by atoms with van der Waals surface area (Å²) in [5.74, 6) is 4.57. The molecule has 1 aromatic carbocycles. The molecule has 0 aliphatic rings. The highest BCUT2D eigenvalue weighted by atomic mass is 32.2. The molecule has 1 aromatic rings. The number of halogens is 1. The number of hydrogen-bond acceptors (Lipinski definition) is 3. The Morgan fingerprint density at radius 2 is 2.11 bits per heavy atom. The molecule has 2 N–H and O–H groups in total. The van der Waals surface area contributed by atoms with E-state index in [9.17, 15) is 12.8 Å². The Bertz CT molecular complexity index is 603. The Kier molecular flexibility index (Phi) is 5.30. The van der Waals surface area contributed by atoms with Crippen LogP contribution in [0.2, 0.25) is 0 Å². The van der Waals surface area contributed by atoms with Gasteiger partial charge in [-0.1, -0.05) is 11.8 Å². The van der Waals surface area contributed by atoms with Crippen molar-refractivity contribution in [2.75, 3.05) is 25.4 Å². The summed E-state index contributed by atoms with van der Waals surface area (Å²) in [5, 5.41) is 8.59. The minimum atomic E-state index is -3.63. The van der Waals surface area contributed by atoms with Crippen LogP contribution in [0.5, 0.6) is 0 Å². The van der Waals surface area contributed by atoms with Crippen molar-refractivity contribution in [1.82, 2.24) is 4.31 Å². The van der Waals surface area contributed by atoms with Gasteiger partial charge in [0.05, 0.1) is 17.9 Å². The highest BCUT2D eigenvalue weighted by Gasteiger charge is 2.13. The lowest BCUT2D eigenvalue weighted by atomic mass is 10.2. The van der Waals surface area contributed by atoms with Crippen molar-refractivity contribution in [1.29, 1.82) is 0 Å². The Labute approximate surface area is 112 Å². The fourth-order valence-corrected chi connectivity index (χ4v) is 1.75. The second-order valence-electron chi connectivity index (χ2n) is 3.86. The van der Waals surface area contributed by atoms with Gasteiger partial charge in [-0.2, -0.15) is 12.7 Å². The number of anilines is 1. The molecule has 0 heterocycles. The first kappa shape index (κ1) is 15.4. The lowest BCUT2D eigenvalue weighted by Crippen LogP contribution is -2.28. The molecule has 19 heavy (non-hydrogen) atoms. The molecule has 0 unspecified atom stereocenters. The van der Waals surface area contributed by atoms with Gasteiger partial charge >= 0.3 is 10.2 Å². The van der Waals surface area contributed by atoms with Gasteiger partial charge in [-0.15, -0.1) is 0 Å². The van der Waals surface area contributed by atoms with E-state index in [-0.39, 0.29) is 24.3 Å². The lowest BCUT2D eigenvalue weighted by Gasteiger charge is -2.13. The average Bonchev–Trinajstić information content (AvgIpc) is 2.33. The normalized spacial score (nSPS) is 11.0. The predicted molar refractivity (Wildman–Crippen MR) is 71.2 cm³/mol. The van der Waals surface area contributed by atoms with Crippen molar-refractivity contribution in [2.45, 2.75) is 6.42 Å². The van der Waals surface area contributed by atoms with Crippen LogP contribution in [0, 0.1) is 17.7 Å². The number of benzene rings is 1. The molecular weight excluding hydrogens is 271 g/mol. The lowest BCUT2D eigenvalue weighted by molar-refractivity contribution is 0.305. The molecule has 0 aliphatic heterocycles. The molecular formula is C12H15FN2O3S. The van der Waals surface area contributed by atoms with Crippen LogP contribution >= 0.6 is 0 Å². The van der Waals surface area contributed by atoms with Crippen LogP contribution in [0.3, 0.4) is 0 Å². The Morgan fingerprint density at radius 3 is 2.68 bits per heavy atom. The molecule has 0 fully saturated rings. The quantitative estimate of drug-likeness (QED) is 0.804. The zero-order valence-corrected chi connectivity index (χ0v) is 11.5. The molecule has 0 spiro atoms. The molecule has 104 valence electrons. The minimum absolute atomic E-state index is 0.0763. The van der Waals surface area contributed by atoms with Crippen molar-refractivity contribution in [3.05, 3.63) is 29.6 Å². The summed E-state index contributed by atoms with van der Waals surface area (Å²) in [4.78, 5) is 0. The average molecular weight is 286 g/mol. The number of nitrogens with one attached hydrogen (secondary N) is 1. The molecule has 5 nitrogen and oxygen atoms in total. The third-order valence-corrected chi connectivity index (χ3v) is 3.61. The summed E-state index contributed by atoms with van der Waals surface area (Å²) in [5.41, 5.74) is 0.302. The van der Waals surface area contributed by atoms with Crippen LogP contribution in [0.4, 0.5) is 10.1 Å². The van der Waals surface area contributed by atoms with Gasteiger partial charge in [-0.3, -0.25) is 4.72 Å². The third kappa shape index (κ3) is 4.52. The van der Waals surface area contributed by atoms with E-state index in [4.69, 9.17) is 5.11 Å². The molecule has 0 aliphatic carbocycles. The summed E-state index contributed by atoms with van der Waals surface area (Å²) in [6.07, 6.45) is 0.229. The van der Waals surface area contributed by atoms with Gasteiger partial charge in [0.2, 0.25) is 0 Å². The van der Waals surface area contributed by atoms with Gasteiger partial charge in [-0.05, 0) is 18.2 Å². The van der Waals surface area contributed by atoms with Gasteiger partial charge in [0.1, 0.15) is 5.82 Å². The van der Waals surface area contributed by atoms with E-state index in [1.807, 2.05) is 0 Å². The van der Waals surface area contributed by atoms with Gasteiger partial charge in [0.15, 0.2) is 0 Å². The third-order valence-electron chi connectivity index (χ3n) is 2.15. The molecule has 0 bridgehead atoms. The molecule has 0 radical (unpaired) electrons. The maximum Gasteiger partial charge on any atom is 0.301 e. The molecule has 1 rings (SSSR count). The number of nitrogens with zero attached hydrogens (tertiary/aromatic N) is 1. The largest absolute Gasteiger partial charge is 0.395 e. The summed E-state index contributed by atoms with van der Waals surface area (Å²) < 4.78 is 39.9. The molecule has 0 amide bonds. The van der Waals surface area contributed by atoms with E-state index < -0.39 is 16.0 Å². The number of rotatable bonds is 4. The van der Waals surface area contributed by atoms with Crippen LogP contribution in [0.15, 0.2) is 18.2 Å². The molecule has 7 heteroatoms. The maximum atomic E-state index is 13.4. The predicted octanol–water partition coefficient (Wildman–Crippen LogP) is 0.778. The van der Waals surface area contributed by atoms with Crippen LogP contribution in [-0.2, 0) is 10.2 Å². The fraction of sp³-hybridized carbons (Fsp3) is 0.333. The second-order valence-corrected chi connectivity index (χ2v) is 5.74. The van der Waals surface area contributed by atoms with Gasteiger partial charge in [-0.25, -0.2) is 4.39 Å². The standard InChI is InChI=1S/C12H15FN2O3S/c1-15(2)19(17,18)14-11-6-7-12(13)10(9-11)5-3-4-8-16/h6-7,9,14,16H,4,8H2,1-2H3. The van der Waals surface area contributed by atoms with E-state index in [1.54, 1.807) is 0 Å². The van der Waals surface area contributed by atoms with Crippen LogP contribution in [0.25, 0.3) is 0 Å². The van der Waals surface area contributed by atoms with E-state index in [1.165, 1.54) is 26.2 Å². The fourth-order valence-electron chi connectivity index (χ4n) is 1.14. The molecule has 0 saturated heterocycles. The number of aliphatic hydroxyl groups excluding tert-OH is 1. The van der Waals surface area contributed by atoms with E-state index in [2.05, 4.69) is 16.6 Å².